The number of fused-ring (bicyclic) bond motifs is 1. The van der Waals surface area contributed by atoms with Crippen molar-refractivity contribution in [1.82, 2.24) is 14.9 Å². The van der Waals surface area contributed by atoms with Crippen LogP contribution in [0.15, 0.2) is 36.7 Å². The van der Waals surface area contributed by atoms with Crippen molar-refractivity contribution in [3.05, 3.63) is 47.8 Å². The molecule has 0 fully saturated rings. The minimum absolute atomic E-state index is 0.107. The molecular formula is C23H34N4O. The summed E-state index contributed by atoms with van der Waals surface area (Å²) in [5, 5.41) is 3.64. The fourth-order valence-corrected chi connectivity index (χ4v) is 4.17. The molecule has 3 rings (SSSR count). The summed E-state index contributed by atoms with van der Waals surface area (Å²) in [5.74, 6) is 1.71. The summed E-state index contributed by atoms with van der Waals surface area (Å²) in [6.45, 7) is 14.3. The summed E-state index contributed by atoms with van der Waals surface area (Å²) >= 11 is 0. The van der Waals surface area contributed by atoms with Crippen molar-refractivity contribution in [3.63, 3.8) is 0 Å². The largest absolute Gasteiger partial charge is 0.470 e. The molecule has 0 unspecified atom stereocenters. The summed E-state index contributed by atoms with van der Waals surface area (Å²) in [5.41, 5.74) is 1.95. The lowest BCUT2D eigenvalue weighted by atomic mass is 9.81. The Balaban J connectivity index is 1.77. The van der Waals surface area contributed by atoms with Gasteiger partial charge < -0.3 is 15.0 Å². The normalized spacial score (nSPS) is 18.6. The van der Waals surface area contributed by atoms with E-state index in [-0.39, 0.29) is 11.5 Å². The molecule has 0 amide bonds. The second-order valence-corrected chi connectivity index (χ2v) is 8.20. The maximum Gasteiger partial charge on any atom is 0.223 e. The zero-order valence-electron chi connectivity index (χ0n) is 17.9. The lowest BCUT2D eigenvalue weighted by Crippen LogP contribution is -2.31. The van der Waals surface area contributed by atoms with Gasteiger partial charge in [0.05, 0.1) is 11.5 Å². The number of aromatic nitrogens is 2. The second kappa shape index (κ2) is 8.91. The summed E-state index contributed by atoms with van der Waals surface area (Å²) < 4.78 is 6.23. The lowest BCUT2D eigenvalue weighted by Gasteiger charge is -2.27. The van der Waals surface area contributed by atoms with Crippen LogP contribution in [0.4, 0.5) is 5.82 Å². The van der Waals surface area contributed by atoms with Crippen LogP contribution >= 0.6 is 0 Å². The SMILES string of the molecule is CCN(CC)CCC[C@@H](C)Nc1ncnc2c1[C@H](c1ccccc1)C(C)(C)O2. The van der Waals surface area contributed by atoms with Gasteiger partial charge >= 0.3 is 0 Å². The Labute approximate surface area is 169 Å². The van der Waals surface area contributed by atoms with Gasteiger partial charge in [0.15, 0.2) is 0 Å². The van der Waals surface area contributed by atoms with Gasteiger partial charge in [0.25, 0.3) is 0 Å². The first kappa shape index (κ1) is 20.6. The molecule has 0 radical (unpaired) electrons. The molecule has 0 saturated heterocycles. The van der Waals surface area contributed by atoms with Crippen LogP contribution in [0.2, 0.25) is 0 Å². The Bertz CT molecular complexity index is 758. The van der Waals surface area contributed by atoms with Crippen LogP contribution in [0.3, 0.4) is 0 Å². The molecule has 0 aliphatic carbocycles. The zero-order chi connectivity index (χ0) is 20.1. The van der Waals surface area contributed by atoms with Gasteiger partial charge in [-0.2, -0.15) is 0 Å². The average molecular weight is 383 g/mol. The second-order valence-electron chi connectivity index (χ2n) is 8.20. The molecule has 2 atom stereocenters. The van der Waals surface area contributed by atoms with Crippen molar-refractivity contribution >= 4 is 5.82 Å². The van der Waals surface area contributed by atoms with Crippen molar-refractivity contribution in [2.75, 3.05) is 25.0 Å². The highest BCUT2D eigenvalue weighted by Gasteiger charge is 2.45. The zero-order valence-corrected chi connectivity index (χ0v) is 17.9. The Morgan fingerprint density at radius 2 is 1.86 bits per heavy atom. The first-order chi connectivity index (χ1) is 13.5. The van der Waals surface area contributed by atoms with Gasteiger partial charge in [0.1, 0.15) is 17.7 Å². The monoisotopic (exact) mass is 382 g/mol. The highest BCUT2D eigenvalue weighted by molar-refractivity contribution is 5.58. The van der Waals surface area contributed by atoms with Gasteiger partial charge in [0.2, 0.25) is 5.88 Å². The first-order valence-electron chi connectivity index (χ1n) is 10.5. The van der Waals surface area contributed by atoms with Crippen molar-refractivity contribution < 1.29 is 4.74 Å². The molecule has 1 N–H and O–H groups in total. The molecule has 152 valence electrons. The number of hydrogen-bond donors (Lipinski definition) is 1. The summed E-state index contributed by atoms with van der Waals surface area (Å²) in [6, 6.07) is 10.9. The smallest absolute Gasteiger partial charge is 0.223 e. The molecule has 0 spiro atoms. The number of anilines is 1. The summed E-state index contributed by atoms with van der Waals surface area (Å²) in [4.78, 5) is 11.5. The van der Waals surface area contributed by atoms with Crippen LogP contribution in [-0.4, -0.2) is 46.1 Å². The molecule has 28 heavy (non-hydrogen) atoms. The number of nitrogens with zero attached hydrogens (tertiary/aromatic N) is 3. The third kappa shape index (κ3) is 4.46. The quantitative estimate of drug-likeness (QED) is 0.681. The van der Waals surface area contributed by atoms with Gasteiger partial charge in [0, 0.05) is 6.04 Å². The first-order valence-corrected chi connectivity index (χ1v) is 10.5. The number of nitrogens with one attached hydrogen (secondary N) is 1. The molecule has 5 nitrogen and oxygen atoms in total. The Kier molecular flexibility index (Phi) is 6.55. The van der Waals surface area contributed by atoms with E-state index < -0.39 is 0 Å². The minimum atomic E-state index is -0.359. The van der Waals surface area contributed by atoms with E-state index in [9.17, 15) is 0 Å². The predicted molar refractivity (Wildman–Crippen MR) is 115 cm³/mol. The molecule has 2 heterocycles. The molecule has 2 aromatic rings. The van der Waals surface area contributed by atoms with E-state index in [1.54, 1.807) is 6.33 Å². The van der Waals surface area contributed by atoms with E-state index in [0.29, 0.717) is 11.9 Å². The molecule has 0 bridgehead atoms. The van der Waals surface area contributed by atoms with Crippen molar-refractivity contribution in [3.8, 4) is 5.88 Å². The van der Waals surface area contributed by atoms with Crippen LogP contribution in [0.5, 0.6) is 5.88 Å². The van der Waals surface area contributed by atoms with Crippen molar-refractivity contribution in [2.24, 2.45) is 0 Å². The van der Waals surface area contributed by atoms with Gasteiger partial charge in [-0.3, -0.25) is 0 Å². The highest BCUT2D eigenvalue weighted by Crippen LogP contribution is 2.49. The van der Waals surface area contributed by atoms with Gasteiger partial charge in [-0.05, 0) is 58.8 Å². The van der Waals surface area contributed by atoms with E-state index in [4.69, 9.17) is 4.74 Å². The summed E-state index contributed by atoms with van der Waals surface area (Å²) in [6.07, 6.45) is 3.88. The van der Waals surface area contributed by atoms with Crippen LogP contribution < -0.4 is 10.1 Å². The minimum Gasteiger partial charge on any atom is -0.470 e. The van der Waals surface area contributed by atoms with Crippen molar-refractivity contribution in [2.45, 2.75) is 65.0 Å². The standard InChI is InChI=1S/C23H34N4O/c1-6-27(7-2)15-11-12-17(3)26-21-19-20(18-13-9-8-10-14-18)23(4,5)28-22(19)25-16-24-21/h8-10,13-14,16-17,20H,6-7,11-12,15H2,1-5H3,(H,24,25,26)/t17-,20+/m1/s1. The molecule has 1 aliphatic heterocycles. The maximum absolute atomic E-state index is 6.23. The third-order valence-corrected chi connectivity index (χ3v) is 5.71. The number of ether oxygens (including phenoxy) is 1. The topological polar surface area (TPSA) is 50.3 Å². The van der Waals surface area contributed by atoms with E-state index in [0.717, 1.165) is 37.4 Å². The Morgan fingerprint density at radius 1 is 1.14 bits per heavy atom. The van der Waals surface area contributed by atoms with Crippen LogP contribution in [0.25, 0.3) is 0 Å². The molecule has 1 aliphatic rings. The number of rotatable bonds is 9. The van der Waals surface area contributed by atoms with Crippen molar-refractivity contribution in [1.29, 1.82) is 0 Å². The fraction of sp³-hybridized carbons (Fsp3) is 0.565. The molecule has 1 aromatic carbocycles. The van der Waals surface area contributed by atoms with Crippen LogP contribution in [0, 0.1) is 0 Å². The number of hydrogen-bond acceptors (Lipinski definition) is 5. The van der Waals surface area contributed by atoms with E-state index in [1.165, 1.54) is 12.0 Å². The van der Waals surface area contributed by atoms with E-state index >= 15 is 0 Å². The molecule has 1 aromatic heterocycles. The van der Waals surface area contributed by atoms with Gasteiger partial charge in [-0.25, -0.2) is 9.97 Å². The summed E-state index contributed by atoms with van der Waals surface area (Å²) in [7, 11) is 0. The van der Waals surface area contributed by atoms with Crippen LogP contribution in [-0.2, 0) is 0 Å². The van der Waals surface area contributed by atoms with E-state index in [2.05, 4.69) is 79.1 Å². The lowest BCUT2D eigenvalue weighted by molar-refractivity contribution is 0.117. The maximum atomic E-state index is 6.23. The average Bonchev–Trinajstić information content (AvgIpc) is 2.96. The predicted octanol–water partition coefficient (Wildman–Crippen LogP) is 4.70. The highest BCUT2D eigenvalue weighted by atomic mass is 16.5. The van der Waals surface area contributed by atoms with E-state index in [1.807, 2.05) is 6.07 Å². The fourth-order valence-electron chi connectivity index (χ4n) is 4.17. The Hall–Kier alpha value is -2.14. The third-order valence-electron chi connectivity index (χ3n) is 5.71. The van der Waals surface area contributed by atoms with Gasteiger partial charge in [-0.15, -0.1) is 0 Å². The molecule has 0 saturated carbocycles. The Morgan fingerprint density at radius 3 is 2.54 bits per heavy atom. The molecular weight excluding hydrogens is 348 g/mol. The van der Waals surface area contributed by atoms with Crippen LogP contribution in [0.1, 0.15) is 64.5 Å². The number of benzene rings is 1. The van der Waals surface area contributed by atoms with Gasteiger partial charge in [-0.1, -0.05) is 44.2 Å². The molecule has 5 heteroatoms.